The molecular weight excluding hydrogens is 337 g/mol. The van der Waals surface area contributed by atoms with Gasteiger partial charge in [-0.25, -0.2) is 4.39 Å². The minimum absolute atomic E-state index is 0.0768. The molecule has 1 aliphatic rings. The molecule has 1 atom stereocenters. The average molecular weight is 355 g/mol. The second-order valence-corrected chi connectivity index (χ2v) is 7.40. The summed E-state index contributed by atoms with van der Waals surface area (Å²) in [5, 5.41) is 0. The third-order valence-corrected chi connectivity index (χ3v) is 5.26. The highest BCUT2D eigenvalue weighted by molar-refractivity contribution is 7.90. The zero-order valence-corrected chi connectivity index (χ0v) is 14.8. The van der Waals surface area contributed by atoms with Crippen molar-refractivity contribution < 1.29 is 13.7 Å². The molecule has 2 aromatic carbocycles. The van der Waals surface area contributed by atoms with Crippen LogP contribution in [0.1, 0.15) is 30.0 Å². The third-order valence-electron chi connectivity index (χ3n) is 4.33. The van der Waals surface area contributed by atoms with Crippen molar-refractivity contribution in [3.8, 4) is 0 Å². The summed E-state index contributed by atoms with van der Waals surface area (Å²) in [6.45, 7) is 1.91. The van der Waals surface area contributed by atoms with Crippen LogP contribution in [0.2, 0.25) is 0 Å². The van der Waals surface area contributed by atoms with E-state index >= 15 is 0 Å². The number of fused-ring (bicyclic) bond motifs is 1. The number of rotatable bonds is 4. The van der Waals surface area contributed by atoms with E-state index in [0.717, 1.165) is 32.7 Å². The first kappa shape index (κ1) is 17.5. The van der Waals surface area contributed by atoms with Crippen molar-refractivity contribution in [3.05, 3.63) is 70.5 Å². The molecular formula is C20H18FNO2S. The van der Waals surface area contributed by atoms with Gasteiger partial charge >= 0.3 is 0 Å². The molecule has 0 saturated heterocycles. The van der Waals surface area contributed by atoms with Crippen molar-refractivity contribution in [2.24, 2.45) is 5.73 Å². The number of carbonyl (C=O) groups is 1. The number of nitrogens with two attached hydrogens (primary N) is 1. The Morgan fingerprint density at radius 3 is 2.48 bits per heavy atom. The van der Waals surface area contributed by atoms with Gasteiger partial charge in [0.1, 0.15) is 12.1 Å². The fourth-order valence-electron chi connectivity index (χ4n) is 3.08. The Labute approximate surface area is 149 Å². The van der Waals surface area contributed by atoms with Crippen LogP contribution in [0.5, 0.6) is 0 Å². The molecule has 2 N–H and O–H groups in total. The molecule has 3 rings (SSSR count). The van der Waals surface area contributed by atoms with Crippen LogP contribution in [-0.4, -0.2) is 16.7 Å². The summed E-state index contributed by atoms with van der Waals surface area (Å²) in [4.78, 5) is 12.2. The molecule has 1 aliphatic carbocycles. The van der Waals surface area contributed by atoms with Gasteiger partial charge in [0.05, 0.1) is 6.42 Å². The van der Waals surface area contributed by atoms with Crippen molar-refractivity contribution in [2.45, 2.75) is 18.2 Å². The molecule has 0 aliphatic heterocycles. The Hall–Kier alpha value is -2.37. The van der Waals surface area contributed by atoms with Crippen LogP contribution >= 0.6 is 0 Å². The lowest BCUT2D eigenvalue weighted by molar-refractivity contribution is -0.117. The normalized spacial score (nSPS) is 16.2. The van der Waals surface area contributed by atoms with Crippen molar-refractivity contribution in [2.75, 3.05) is 6.26 Å². The van der Waals surface area contributed by atoms with Crippen molar-refractivity contribution in [3.63, 3.8) is 0 Å². The van der Waals surface area contributed by atoms with Crippen LogP contribution in [0.4, 0.5) is 4.39 Å². The van der Waals surface area contributed by atoms with E-state index in [1.807, 2.05) is 37.3 Å². The molecule has 5 heteroatoms. The van der Waals surface area contributed by atoms with Crippen LogP contribution in [0.15, 0.2) is 52.9 Å². The summed E-state index contributed by atoms with van der Waals surface area (Å²) >= 11 is -1.02. The topological polar surface area (TPSA) is 66.2 Å². The van der Waals surface area contributed by atoms with E-state index in [1.165, 1.54) is 12.1 Å². The van der Waals surface area contributed by atoms with Gasteiger partial charge in [-0.3, -0.25) is 4.79 Å². The highest BCUT2D eigenvalue weighted by Crippen LogP contribution is 2.43. The van der Waals surface area contributed by atoms with E-state index in [9.17, 15) is 13.7 Å². The van der Waals surface area contributed by atoms with Gasteiger partial charge in [-0.15, -0.1) is 0 Å². The molecule has 25 heavy (non-hydrogen) atoms. The summed E-state index contributed by atoms with van der Waals surface area (Å²) in [6.07, 6.45) is 3.70. The van der Waals surface area contributed by atoms with Crippen LogP contribution in [0.3, 0.4) is 0 Å². The highest BCUT2D eigenvalue weighted by Gasteiger charge is 2.25. The van der Waals surface area contributed by atoms with Crippen LogP contribution in [-0.2, 0) is 16.0 Å². The number of hydrogen-bond acceptors (Lipinski definition) is 2. The molecule has 0 aromatic heterocycles. The van der Waals surface area contributed by atoms with Crippen LogP contribution < -0.4 is 5.73 Å². The summed E-state index contributed by atoms with van der Waals surface area (Å²) in [7, 11) is 0. The SMILES string of the molecule is CC1=C(CC(N)=O)c2cc(F)ccc2C1=Cc1ccc([S+](C)[O-])cc1. The van der Waals surface area contributed by atoms with Gasteiger partial charge in [0.2, 0.25) is 5.91 Å². The van der Waals surface area contributed by atoms with E-state index in [0.29, 0.717) is 5.56 Å². The van der Waals surface area contributed by atoms with Gasteiger partial charge in [0.15, 0.2) is 4.90 Å². The first-order chi connectivity index (χ1) is 11.9. The number of benzene rings is 2. The Morgan fingerprint density at radius 2 is 1.88 bits per heavy atom. The Bertz CT molecular complexity index is 898. The van der Waals surface area contributed by atoms with Crippen LogP contribution in [0, 0.1) is 5.82 Å². The molecule has 0 spiro atoms. The zero-order valence-electron chi connectivity index (χ0n) is 14.0. The lowest BCUT2D eigenvalue weighted by atomic mass is 10.0. The quantitative estimate of drug-likeness (QED) is 0.849. The fraction of sp³-hybridized carbons (Fsp3) is 0.150. The Kier molecular flexibility index (Phi) is 4.79. The maximum atomic E-state index is 13.7. The second-order valence-electron chi connectivity index (χ2n) is 6.02. The molecule has 0 radical (unpaired) electrons. The van der Waals surface area contributed by atoms with E-state index in [4.69, 9.17) is 5.73 Å². The van der Waals surface area contributed by atoms with E-state index < -0.39 is 17.1 Å². The maximum absolute atomic E-state index is 13.7. The highest BCUT2D eigenvalue weighted by atomic mass is 32.2. The van der Waals surface area contributed by atoms with Gasteiger partial charge in [-0.2, -0.15) is 0 Å². The molecule has 128 valence electrons. The van der Waals surface area contributed by atoms with Gasteiger partial charge in [0.25, 0.3) is 0 Å². The number of halogens is 1. The number of amides is 1. The predicted octanol–water partition coefficient (Wildman–Crippen LogP) is 3.77. The Morgan fingerprint density at radius 1 is 1.20 bits per heavy atom. The first-order valence-electron chi connectivity index (χ1n) is 7.80. The third kappa shape index (κ3) is 3.52. The monoisotopic (exact) mass is 355 g/mol. The van der Waals surface area contributed by atoms with Gasteiger partial charge < -0.3 is 10.3 Å². The maximum Gasteiger partial charge on any atom is 0.221 e. The standard InChI is InChI=1S/C20H18FNO2S/c1-12-17(9-13-3-6-15(7-4-13)25(2)24)16-8-5-14(21)10-19(16)18(12)11-20(22)23/h3-10H,11H2,1-2H3,(H2,22,23). The Balaban J connectivity index is 2.09. The lowest BCUT2D eigenvalue weighted by Crippen LogP contribution is -2.10. The first-order valence-corrected chi connectivity index (χ1v) is 9.36. The molecule has 1 unspecified atom stereocenters. The summed E-state index contributed by atoms with van der Waals surface area (Å²) in [5.41, 5.74) is 10.5. The largest absolute Gasteiger partial charge is 0.612 e. The van der Waals surface area contributed by atoms with Gasteiger partial charge in [-0.05, 0) is 94.0 Å². The van der Waals surface area contributed by atoms with Gasteiger partial charge in [-0.1, -0.05) is 6.07 Å². The van der Waals surface area contributed by atoms with Crippen LogP contribution in [0.25, 0.3) is 17.2 Å². The van der Waals surface area contributed by atoms with Crippen molar-refractivity contribution >= 4 is 34.3 Å². The molecule has 0 bridgehead atoms. The number of allylic oxidation sites excluding steroid dienone is 2. The average Bonchev–Trinajstić information content (AvgIpc) is 2.80. The second kappa shape index (κ2) is 6.86. The lowest BCUT2D eigenvalue weighted by Gasteiger charge is -2.06. The van der Waals surface area contributed by atoms with Crippen molar-refractivity contribution in [1.29, 1.82) is 0 Å². The molecule has 0 saturated carbocycles. The van der Waals surface area contributed by atoms with Crippen molar-refractivity contribution in [1.82, 2.24) is 0 Å². The summed E-state index contributed by atoms with van der Waals surface area (Å²) < 4.78 is 25.2. The molecule has 0 fully saturated rings. The minimum atomic E-state index is -1.02. The zero-order chi connectivity index (χ0) is 18.1. The number of carbonyl (C=O) groups excluding carboxylic acids is 1. The smallest absolute Gasteiger partial charge is 0.221 e. The van der Waals surface area contributed by atoms with E-state index in [-0.39, 0.29) is 12.2 Å². The van der Waals surface area contributed by atoms with Gasteiger partial charge in [0, 0.05) is 0 Å². The number of hydrogen-bond donors (Lipinski definition) is 1. The molecule has 1 amide bonds. The number of primary amides is 1. The molecule has 2 aromatic rings. The molecule has 0 heterocycles. The summed E-state index contributed by atoms with van der Waals surface area (Å²) in [6, 6.07) is 12.0. The molecule has 3 nitrogen and oxygen atoms in total. The van der Waals surface area contributed by atoms with E-state index in [2.05, 4.69) is 0 Å². The van der Waals surface area contributed by atoms with E-state index in [1.54, 1.807) is 12.3 Å². The minimum Gasteiger partial charge on any atom is -0.612 e. The summed E-state index contributed by atoms with van der Waals surface area (Å²) in [5.74, 6) is -0.787. The fourth-order valence-corrected chi connectivity index (χ4v) is 3.60. The predicted molar refractivity (Wildman–Crippen MR) is 99.5 cm³/mol.